The molecule has 0 atom stereocenters. The SMILES string of the molecule is CNC(=O)CCN1C(=O)C(=O)c2cc(F)cc(F)c21. The van der Waals surface area contributed by atoms with Crippen LogP contribution in [0.5, 0.6) is 0 Å². The zero-order chi connectivity index (χ0) is 14.2. The fraction of sp³-hybridized carbons (Fsp3) is 0.250. The summed E-state index contributed by atoms with van der Waals surface area (Å²) < 4.78 is 26.7. The number of hydrogen-bond donors (Lipinski definition) is 1. The molecule has 100 valence electrons. The predicted octanol–water partition coefficient (Wildman–Crippen LogP) is 0.630. The van der Waals surface area contributed by atoms with E-state index < -0.39 is 23.3 Å². The van der Waals surface area contributed by atoms with Crippen molar-refractivity contribution in [3.05, 3.63) is 29.3 Å². The first-order valence-corrected chi connectivity index (χ1v) is 5.51. The maximum Gasteiger partial charge on any atom is 0.299 e. The summed E-state index contributed by atoms with van der Waals surface area (Å²) in [6, 6.07) is 1.41. The van der Waals surface area contributed by atoms with Crippen LogP contribution in [-0.2, 0) is 9.59 Å². The molecule has 1 aromatic carbocycles. The van der Waals surface area contributed by atoms with Gasteiger partial charge < -0.3 is 10.2 Å². The van der Waals surface area contributed by atoms with Crippen LogP contribution < -0.4 is 10.2 Å². The molecule has 1 N–H and O–H groups in total. The third kappa shape index (κ3) is 2.18. The first-order valence-electron chi connectivity index (χ1n) is 5.51. The van der Waals surface area contributed by atoms with Crippen molar-refractivity contribution < 1.29 is 23.2 Å². The Balaban J connectivity index is 2.36. The highest BCUT2D eigenvalue weighted by Crippen LogP contribution is 2.32. The van der Waals surface area contributed by atoms with Crippen molar-refractivity contribution in [3.8, 4) is 0 Å². The van der Waals surface area contributed by atoms with Crippen LogP contribution >= 0.6 is 0 Å². The molecular formula is C12H10F2N2O3. The van der Waals surface area contributed by atoms with E-state index in [0.29, 0.717) is 6.07 Å². The topological polar surface area (TPSA) is 66.5 Å². The minimum Gasteiger partial charge on any atom is -0.359 e. The first-order chi connectivity index (χ1) is 8.95. The van der Waals surface area contributed by atoms with Crippen LogP contribution in [0.4, 0.5) is 14.5 Å². The van der Waals surface area contributed by atoms with E-state index in [1.807, 2.05) is 0 Å². The molecule has 19 heavy (non-hydrogen) atoms. The number of fused-ring (bicyclic) bond motifs is 1. The molecule has 0 saturated carbocycles. The molecule has 0 unspecified atom stereocenters. The molecule has 1 aromatic rings. The van der Waals surface area contributed by atoms with Gasteiger partial charge >= 0.3 is 0 Å². The normalized spacial score (nSPS) is 13.7. The standard InChI is InChI=1S/C12H10F2N2O3/c1-15-9(17)2-3-16-10-7(11(18)12(16)19)4-6(13)5-8(10)14/h4-5H,2-3H2,1H3,(H,15,17). The Hall–Kier alpha value is -2.31. The van der Waals surface area contributed by atoms with Crippen LogP contribution in [0.1, 0.15) is 16.8 Å². The van der Waals surface area contributed by atoms with E-state index >= 15 is 0 Å². The highest BCUT2D eigenvalue weighted by molar-refractivity contribution is 6.52. The van der Waals surface area contributed by atoms with Gasteiger partial charge in [0.15, 0.2) is 5.82 Å². The number of amides is 2. The first kappa shape index (κ1) is 13.1. The minimum atomic E-state index is -0.994. The van der Waals surface area contributed by atoms with Gasteiger partial charge in [-0.25, -0.2) is 8.78 Å². The van der Waals surface area contributed by atoms with Crippen LogP contribution in [0, 0.1) is 11.6 Å². The van der Waals surface area contributed by atoms with Crippen molar-refractivity contribution in [2.45, 2.75) is 6.42 Å². The van der Waals surface area contributed by atoms with Gasteiger partial charge in [0.25, 0.3) is 11.7 Å². The number of carbonyl (C=O) groups is 3. The predicted molar refractivity (Wildman–Crippen MR) is 61.7 cm³/mol. The molecule has 0 fully saturated rings. The van der Waals surface area contributed by atoms with Crippen LogP contribution in [0.3, 0.4) is 0 Å². The van der Waals surface area contributed by atoms with Gasteiger partial charge in [-0.15, -0.1) is 0 Å². The smallest absolute Gasteiger partial charge is 0.299 e. The lowest BCUT2D eigenvalue weighted by Gasteiger charge is -2.16. The highest BCUT2D eigenvalue weighted by atomic mass is 19.1. The fourth-order valence-corrected chi connectivity index (χ4v) is 1.90. The third-order valence-electron chi connectivity index (χ3n) is 2.82. The Morgan fingerprint density at radius 1 is 1.32 bits per heavy atom. The Morgan fingerprint density at radius 2 is 2.00 bits per heavy atom. The molecule has 0 aliphatic carbocycles. The van der Waals surface area contributed by atoms with Gasteiger partial charge in [0.05, 0.1) is 11.3 Å². The van der Waals surface area contributed by atoms with Gasteiger partial charge in [-0.1, -0.05) is 0 Å². The lowest BCUT2D eigenvalue weighted by atomic mass is 10.1. The summed E-state index contributed by atoms with van der Waals surface area (Å²) in [5.41, 5.74) is -0.570. The Kier molecular flexibility index (Phi) is 3.28. The molecule has 7 heteroatoms. The summed E-state index contributed by atoms with van der Waals surface area (Å²) in [6.07, 6.45) is -0.0776. The number of rotatable bonds is 3. The second kappa shape index (κ2) is 4.75. The van der Waals surface area contributed by atoms with Crippen molar-refractivity contribution in [2.75, 3.05) is 18.5 Å². The van der Waals surface area contributed by atoms with Crippen molar-refractivity contribution in [3.63, 3.8) is 0 Å². The van der Waals surface area contributed by atoms with Gasteiger partial charge in [-0.3, -0.25) is 14.4 Å². The lowest BCUT2D eigenvalue weighted by Crippen LogP contribution is -2.34. The number of Topliss-reactive ketones (excluding diaryl/α,β-unsaturated/α-hetero) is 1. The molecule has 0 radical (unpaired) electrons. The van der Waals surface area contributed by atoms with E-state index in [4.69, 9.17) is 0 Å². The monoisotopic (exact) mass is 268 g/mol. The van der Waals surface area contributed by atoms with E-state index in [0.717, 1.165) is 11.0 Å². The molecule has 0 aromatic heterocycles. The molecule has 0 saturated heterocycles. The van der Waals surface area contributed by atoms with E-state index in [1.165, 1.54) is 7.05 Å². The second-order valence-electron chi connectivity index (χ2n) is 3.99. The van der Waals surface area contributed by atoms with E-state index in [9.17, 15) is 23.2 Å². The van der Waals surface area contributed by atoms with Gasteiger partial charge in [-0.05, 0) is 6.07 Å². The Bertz CT molecular complexity index is 587. The molecule has 1 aliphatic heterocycles. The third-order valence-corrected chi connectivity index (χ3v) is 2.82. The highest BCUT2D eigenvalue weighted by Gasteiger charge is 2.38. The van der Waals surface area contributed by atoms with Crippen LogP contribution in [0.2, 0.25) is 0 Å². The summed E-state index contributed by atoms with van der Waals surface area (Å²) in [6.45, 7) is -0.139. The zero-order valence-electron chi connectivity index (χ0n) is 10.00. The zero-order valence-corrected chi connectivity index (χ0v) is 10.00. The molecule has 1 aliphatic rings. The number of hydrogen-bond acceptors (Lipinski definition) is 3. The average Bonchev–Trinajstić information content (AvgIpc) is 2.60. The van der Waals surface area contributed by atoms with Gasteiger partial charge in [0.2, 0.25) is 5.91 Å². The van der Waals surface area contributed by atoms with Crippen LogP contribution in [-0.4, -0.2) is 31.2 Å². The van der Waals surface area contributed by atoms with E-state index in [2.05, 4.69) is 5.32 Å². The maximum absolute atomic E-state index is 13.7. The molecule has 1 heterocycles. The van der Waals surface area contributed by atoms with Crippen molar-refractivity contribution in [2.24, 2.45) is 0 Å². The molecule has 2 amide bonds. The number of nitrogens with zero attached hydrogens (tertiary/aromatic N) is 1. The molecule has 0 spiro atoms. The van der Waals surface area contributed by atoms with Crippen LogP contribution in [0.15, 0.2) is 12.1 Å². The summed E-state index contributed by atoms with van der Waals surface area (Å²) in [7, 11) is 1.42. The van der Waals surface area contributed by atoms with Gasteiger partial charge in [0.1, 0.15) is 5.82 Å². The van der Waals surface area contributed by atoms with Crippen molar-refractivity contribution in [1.82, 2.24) is 5.32 Å². The van der Waals surface area contributed by atoms with Gasteiger partial charge in [0, 0.05) is 26.1 Å². The van der Waals surface area contributed by atoms with E-state index in [1.54, 1.807) is 0 Å². The summed E-state index contributed by atoms with van der Waals surface area (Å²) >= 11 is 0. The van der Waals surface area contributed by atoms with Gasteiger partial charge in [-0.2, -0.15) is 0 Å². The molecular weight excluding hydrogens is 258 g/mol. The second-order valence-corrected chi connectivity index (χ2v) is 3.99. The maximum atomic E-state index is 13.7. The number of halogens is 2. The minimum absolute atomic E-state index is 0.0776. The van der Waals surface area contributed by atoms with E-state index in [-0.39, 0.29) is 30.1 Å². The summed E-state index contributed by atoms with van der Waals surface area (Å²) in [5, 5.41) is 2.35. The quantitative estimate of drug-likeness (QED) is 0.818. The number of carbonyl (C=O) groups excluding carboxylic acids is 3. The number of ketones is 1. The summed E-state index contributed by atoms with van der Waals surface area (Å²) in [4.78, 5) is 35.3. The summed E-state index contributed by atoms with van der Waals surface area (Å²) in [5.74, 6) is -4.19. The lowest BCUT2D eigenvalue weighted by molar-refractivity contribution is -0.120. The fourth-order valence-electron chi connectivity index (χ4n) is 1.90. The molecule has 0 bridgehead atoms. The molecule has 2 rings (SSSR count). The van der Waals surface area contributed by atoms with Crippen LogP contribution in [0.25, 0.3) is 0 Å². The Morgan fingerprint density at radius 3 is 2.63 bits per heavy atom. The Labute approximate surface area is 107 Å². The van der Waals surface area contributed by atoms with Crippen molar-refractivity contribution in [1.29, 1.82) is 0 Å². The number of anilines is 1. The average molecular weight is 268 g/mol. The largest absolute Gasteiger partial charge is 0.359 e. The number of nitrogens with one attached hydrogen (secondary N) is 1. The number of benzene rings is 1. The van der Waals surface area contributed by atoms with Crippen molar-refractivity contribution >= 4 is 23.3 Å². The molecule has 5 nitrogen and oxygen atoms in total.